The van der Waals surface area contributed by atoms with Gasteiger partial charge in [-0.3, -0.25) is 4.79 Å². The fourth-order valence-electron chi connectivity index (χ4n) is 3.43. The van der Waals surface area contributed by atoms with E-state index in [1.807, 2.05) is 5.32 Å². The molecule has 2 aromatic carbocycles. The standard InChI is InChI=1S/C23H18Cl3F8NO3S/c1-11(10-39(37,38)5-4-27)35-21(36)14-3-2-12(6-16(14)23(32,33)34)19(28)9-15(22(29,30)31)13-7-17(24)20(26)18(25)8-13/h2-3,6-9,11,15H,4-5,10H2,1H3,(H,35,36)/b19-9-/t11-,15?/m1/s1. The van der Waals surface area contributed by atoms with E-state index in [2.05, 4.69) is 0 Å². The summed E-state index contributed by atoms with van der Waals surface area (Å²) >= 11 is 17.3. The van der Waals surface area contributed by atoms with Gasteiger partial charge in [-0.15, -0.1) is 0 Å². The summed E-state index contributed by atoms with van der Waals surface area (Å²) in [6.45, 7) is -0.0423. The summed E-state index contributed by atoms with van der Waals surface area (Å²) in [5.74, 6) is -7.40. The second-order valence-electron chi connectivity index (χ2n) is 8.27. The van der Waals surface area contributed by atoms with Crippen molar-refractivity contribution < 1.29 is 48.3 Å². The second kappa shape index (κ2) is 12.6. The number of hydrogen-bond acceptors (Lipinski definition) is 3. The molecule has 4 nitrogen and oxygen atoms in total. The van der Waals surface area contributed by atoms with E-state index in [4.69, 9.17) is 34.8 Å². The average molecular weight is 647 g/mol. The summed E-state index contributed by atoms with van der Waals surface area (Å²) < 4.78 is 133. The van der Waals surface area contributed by atoms with Crippen LogP contribution in [0.1, 0.15) is 39.9 Å². The fourth-order valence-corrected chi connectivity index (χ4v) is 5.29. The van der Waals surface area contributed by atoms with Crippen LogP contribution in [0.3, 0.4) is 0 Å². The summed E-state index contributed by atoms with van der Waals surface area (Å²) in [5, 5.41) is 1.03. The number of hydrogen-bond donors (Lipinski definition) is 1. The molecule has 0 bridgehead atoms. The monoisotopic (exact) mass is 645 g/mol. The van der Waals surface area contributed by atoms with Gasteiger partial charge in [0.1, 0.15) is 18.4 Å². The van der Waals surface area contributed by atoms with Crippen molar-refractivity contribution in [3.05, 3.63) is 73.7 Å². The maximum Gasteiger partial charge on any atom is 0.417 e. The van der Waals surface area contributed by atoms with E-state index < -0.39 is 86.3 Å². The first-order chi connectivity index (χ1) is 17.8. The first kappa shape index (κ1) is 33.1. The van der Waals surface area contributed by atoms with E-state index in [0.29, 0.717) is 12.1 Å². The van der Waals surface area contributed by atoms with Crippen LogP contribution >= 0.6 is 34.8 Å². The molecule has 2 atom stereocenters. The van der Waals surface area contributed by atoms with Crippen LogP contribution in [0.25, 0.3) is 5.83 Å². The highest BCUT2D eigenvalue weighted by molar-refractivity contribution is 7.91. The van der Waals surface area contributed by atoms with Crippen molar-refractivity contribution in [1.82, 2.24) is 5.32 Å². The minimum absolute atomic E-state index is 0.0168. The molecule has 39 heavy (non-hydrogen) atoms. The van der Waals surface area contributed by atoms with Gasteiger partial charge in [0, 0.05) is 11.6 Å². The quantitative estimate of drug-likeness (QED) is 0.223. The van der Waals surface area contributed by atoms with Crippen LogP contribution in [0.4, 0.5) is 35.1 Å². The molecule has 2 rings (SSSR count). The average Bonchev–Trinajstić information content (AvgIpc) is 2.78. The number of alkyl halides is 7. The number of benzene rings is 2. The number of amides is 1. The molecule has 0 aromatic heterocycles. The number of carbonyl (C=O) groups excluding carboxylic acids is 1. The van der Waals surface area contributed by atoms with Crippen molar-refractivity contribution in [3.63, 3.8) is 0 Å². The van der Waals surface area contributed by atoms with Crippen LogP contribution in [-0.4, -0.2) is 44.7 Å². The van der Waals surface area contributed by atoms with Crippen molar-refractivity contribution in [2.24, 2.45) is 0 Å². The lowest BCUT2D eigenvalue weighted by atomic mass is 9.95. The number of halogens is 11. The maximum atomic E-state index is 15.0. The Kier molecular flexibility index (Phi) is 10.7. The van der Waals surface area contributed by atoms with Crippen LogP contribution in [0, 0.1) is 0 Å². The number of carbonyl (C=O) groups is 1. The van der Waals surface area contributed by atoms with Gasteiger partial charge in [-0.1, -0.05) is 40.9 Å². The Labute approximate surface area is 232 Å². The molecular formula is C23H18Cl3F8NO3S. The van der Waals surface area contributed by atoms with Gasteiger partial charge in [-0.2, -0.15) is 26.3 Å². The minimum Gasteiger partial charge on any atom is -0.349 e. The Morgan fingerprint density at radius 2 is 1.59 bits per heavy atom. The predicted octanol–water partition coefficient (Wildman–Crippen LogP) is 7.82. The topological polar surface area (TPSA) is 63.2 Å². The molecule has 0 heterocycles. The Morgan fingerprint density at radius 1 is 1.03 bits per heavy atom. The largest absolute Gasteiger partial charge is 0.417 e. The Hall–Kier alpha value is -2.09. The SMILES string of the molecule is C[C@H](CS(=O)(=O)CCF)NC(=O)c1ccc(/C(F)=C/C(c2cc(Cl)c(Cl)c(Cl)c2)C(F)(F)F)cc1C(F)(F)F. The molecule has 0 saturated heterocycles. The zero-order valence-corrected chi connectivity index (χ0v) is 22.6. The second-order valence-corrected chi connectivity index (χ2v) is 11.7. The molecular weight excluding hydrogens is 629 g/mol. The normalized spacial score (nSPS) is 14.7. The van der Waals surface area contributed by atoms with Gasteiger partial charge in [0.2, 0.25) is 0 Å². The number of allylic oxidation sites excluding steroid dienone is 1. The van der Waals surface area contributed by atoms with Crippen molar-refractivity contribution in [2.45, 2.75) is 31.2 Å². The van der Waals surface area contributed by atoms with Gasteiger partial charge in [-0.05, 0) is 42.8 Å². The molecule has 16 heteroatoms. The van der Waals surface area contributed by atoms with Gasteiger partial charge in [0.05, 0.1) is 37.7 Å². The molecule has 216 valence electrons. The highest BCUT2D eigenvalue weighted by Crippen LogP contribution is 2.42. The first-order valence-electron chi connectivity index (χ1n) is 10.6. The molecule has 1 unspecified atom stereocenters. The summed E-state index contributed by atoms with van der Waals surface area (Å²) in [5.41, 5.74) is -4.31. The van der Waals surface area contributed by atoms with E-state index in [1.165, 1.54) is 0 Å². The zero-order valence-electron chi connectivity index (χ0n) is 19.5. The molecule has 0 aliphatic heterocycles. The molecule has 0 fully saturated rings. The summed E-state index contributed by atoms with van der Waals surface area (Å²) in [7, 11) is -3.95. The Balaban J connectivity index is 2.49. The molecule has 0 aliphatic carbocycles. The third-order valence-electron chi connectivity index (χ3n) is 5.15. The minimum atomic E-state index is -5.26. The van der Waals surface area contributed by atoms with E-state index in [9.17, 15) is 48.3 Å². The van der Waals surface area contributed by atoms with Crippen LogP contribution in [0.5, 0.6) is 0 Å². The van der Waals surface area contributed by atoms with Crippen LogP contribution in [-0.2, 0) is 16.0 Å². The molecule has 0 saturated carbocycles. The smallest absolute Gasteiger partial charge is 0.349 e. The highest BCUT2D eigenvalue weighted by Gasteiger charge is 2.41. The molecule has 1 N–H and O–H groups in total. The molecule has 0 radical (unpaired) electrons. The number of rotatable bonds is 9. The van der Waals surface area contributed by atoms with E-state index in [0.717, 1.165) is 19.1 Å². The van der Waals surface area contributed by atoms with Crippen molar-refractivity contribution in [3.8, 4) is 0 Å². The highest BCUT2D eigenvalue weighted by atomic mass is 35.5. The Bertz CT molecular complexity index is 1340. The molecule has 0 aliphatic rings. The maximum absolute atomic E-state index is 15.0. The van der Waals surface area contributed by atoms with Crippen LogP contribution < -0.4 is 5.32 Å². The summed E-state index contributed by atoms with van der Waals surface area (Å²) in [6.07, 6.45) is -10.4. The fraction of sp³-hybridized carbons (Fsp3) is 0.348. The zero-order chi connectivity index (χ0) is 29.9. The number of nitrogens with one attached hydrogen (secondary N) is 1. The lowest BCUT2D eigenvalue weighted by molar-refractivity contribution is -0.140. The third kappa shape index (κ3) is 8.95. The van der Waals surface area contributed by atoms with E-state index in [-0.39, 0.29) is 27.2 Å². The Morgan fingerprint density at radius 3 is 2.08 bits per heavy atom. The summed E-state index contributed by atoms with van der Waals surface area (Å²) in [6, 6.07) is 1.65. The van der Waals surface area contributed by atoms with Gasteiger partial charge in [-0.25, -0.2) is 17.2 Å². The van der Waals surface area contributed by atoms with Gasteiger partial charge in [0.25, 0.3) is 5.91 Å². The molecule has 1 amide bonds. The first-order valence-corrected chi connectivity index (χ1v) is 13.6. The van der Waals surface area contributed by atoms with Gasteiger partial charge >= 0.3 is 12.4 Å². The van der Waals surface area contributed by atoms with E-state index >= 15 is 0 Å². The lowest BCUT2D eigenvalue weighted by Crippen LogP contribution is -2.39. The van der Waals surface area contributed by atoms with Crippen LogP contribution in [0.15, 0.2) is 36.4 Å². The molecule has 2 aromatic rings. The van der Waals surface area contributed by atoms with Gasteiger partial charge in [0.15, 0.2) is 9.84 Å². The van der Waals surface area contributed by atoms with Crippen molar-refractivity contribution in [1.29, 1.82) is 0 Å². The third-order valence-corrected chi connectivity index (χ3v) is 8.13. The summed E-state index contributed by atoms with van der Waals surface area (Å²) in [4.78, 5) is 12.5. The lowest BCUT2D eigenvalue weighted by Gasteiger charge is -2.19. The van der Waals surface area contributed by atoms with Crippen LogP contribution in [0.2, 0.25) is 15.1 Å². The predicted molar refractivity (Wildman–Crippen MR) is 132 cm³/mol. The van der Waals surface area contributed by atoms with Crippen molar-refractivity contribution in [2.75, 3.05) is 18.2 Å². The van der Waals surface area contributed by atoms with E-state index in [1.54, 1.807) is 0 Å². The molecule has 0 spiro atoms. The van der Waals surface area contributed by atoms with Crippen molar-refractivity contribution >= 4 is 56.4 Å². The van der Waals surface area contributed by atoms with Gasteiger partial charge < -0.3 is 5.32 Å². The number of sulfone groups is 1.